The number of nitrogens with one attached hydrogen (secondary N) is 3. The fourth-order valence-corrected chi connectivity index (χ4v) is 8.73. The highest BCUT2D eigenvalue weighted by Gasteiger charge is 2.55. The summed E-state index contributed by atoms with van der Waals surface area (Å²) >= 11 is 6.28. The highest BCUT2D eigenvalue weighted by atomic mass is 35.5. The Morgan fingerprint density at radius 3 is 2.33 bits per heavy atom. The summed E-state index contributed by atoms with van der Waals surface area (Å²) in [5.41, 5.74) is 1.99. The first-order valence-electron chi connectivity index (χ1n) is 19.6. The van der Waals surface area contributed by atoms with Gasteiger partial charge in [0.05, 0.1) is 18.3 Å². The molecule has 2 aromatic carbocycles. The van der Waals surface area contributed by atoms with Crippen molar-refractivity contribution < 1.29 is 28.8 Å². The highest BCUT2D eigenvalue weighted by molar-refractivity contribution is 6.38. The van der Waals surface area contributed by atoms with Gasteiger partial charge >= 0.3 is 0 Å². The van der Waals surface area contributed by atoms with Gasteiger partial charge in [0.1, 0.15) is 12.1 Å². The lowest BCUT2D eigenvalue weighted by Crippen LogP contribution is -2.59. The molecule has 3 N–H and O–H groups in total. The lowest BCUT2D eigenvalue weighted by Gasteiger charge is -2.36. The maximum absolute atomic E-state index is 14.7. The second kappa shape index (κ2) is 16.6. The minimum atomic E-state index is -1.09. The summed E-state index contributed by atoms with van der Waals surface area (Å²) in [5, 5.41) is 13.7. The molecule has 4 atom stereocenters. The van der Waals surface area contributed by atoms with Crippen molar-refractivity contribution in [2.24, 2.45) is 16.5 Å². The third-order valence-electron chi connectivity index (χ3n) is 11.4. The molecule has 54 heavy (non-hydrogen) atoms. The van der Waals surface area contributed by atoms with E-state index >= 15 is 0 Å². The fourth-order valence-electron chi connectivity index (χ4n) is 8.54. The molecule has 2 heterocycles. The number of Topliss-reactive ketones (excluding diaryl/α,β-unsaturated/α-hetero) is 1. The zero-order valence-corrected chi connectivity index (χ0v) is 32.7. The molecule has 2 aliphatic heterocycles. The first-order valence-corrected chi connectivity index (χ1v) is 20.0. The lowest BCUT2D eigenvalue weighted by atomic mass is 9.84. The Labute approximate surface area is 323 Å². The number of carbonyl (C=O) groups is 5. The van der Waals surface area contributed by atoms with Gasteiger partial charge in [-0.2, -0.15) is 0 Å². The first kappa shape index (κ1) is 39.4. The van der Waals surface area contributed by atoms with Crippen LogP contribution in [0.5, 0.6) is 0 Å². The summed E-state index contributed by atoms with van der Waals surface area (Å²) in [4.78, 5) is 77.1. The third kappa shape index (κ3) is 9.16. The van der Waals surface area contributed by atoms with Crippen LogP contribution in [0.25, 0.3) is 0 Å². The van der Waals surface area contributed by atoms with Crippen LogP contribution in [0.4, 0.5) is 0 Å². The normalized spacial score (nSPS) is 22.6. The Bertz CT molecular complexity index is 1760. The van der Waals surface area contributed by atoms with Crippen LogP contribution in [-0.2, 0) is 41.7 Å². The minimum absolute atomic E-state index is 0.0394. The van der Waals surface area contributed by atoms with E-state index in [2.05, 4.69) is 21.1 Å². The van der Waals surface area contributed by atoms with E-state index in [1.807, 2.05) is 64.1 Å². The van der Waals surface area contributed by atoms with E-state index in [1.165, 1.54) is 11.3 Å². The fraction of sp³-hybridized carbons (Fsp3) is 0.571. The van der Waals surface area contributed by atoms with Crippen LogP contribution in [0.3, 0.4) is 0 Å². The number of amides is 4. The predicted octanol–water partition coefficient (Wildman–Crippen LogP) is 5.44. The molecule has 2 aliphatic carbocycles. The van der Waals surface area contributed by atoms with Gasteiger partial charge in [0.2, 0.25) is 23.5 Å². The molecular formula is C42H54ClN5O6. The predicted molar refractivity (Wildman–Crippen MR) is 207 cm³/mol. The van der Waals surface area contributed by atoms with Crippen LogP contribution >= 0.6 is 11.6 Å². The van der Waals surface area contributed by atoms with Gasteiger partial charge in [-0.05, 0) is 66.7 Å². The monoisotopic (exact) mass is 759 g/mol. The van der Waals surface area contributed by atoms with Crippen molar-refractivity contribution in [3.63, 3.8) is 0 Å². The number of oxime groups is 1. The highest BCUT2D eigenvalue weighted by Crippen LogP contribution is 2.40. The van der Waals surface area contributed by atoms with Crippen molar-refractivity contribution in [3.8, 4) is 0 Å². The van der Waals surface area contributed by atoms with Crippen LogP contribution in [0.15, 0.2) is 53.7 Å². The summed E-state index contributed by atoms with van der Waals surface area (Å²) < 4.78 is 0. The number of ketones is 1. The Kier molecular flexibility index (Phi) is 12.1. The topological polar surface area (TPSA) is 146 Å². The number of hydrogen-bond donors (Lipinski definition) is 3. The number of rotatable bonds is 12. The van der Waals surface area contributed by atoms with E-state index in [4.69, 9.17) is 16.4 Å². The maximum Gasteiger partial charge on any atom is 0.289 e. The SMILES string of the molecule is CCC[C@H](NC(=O)[C@@H]1CC2(CC(c3cccc(Cl)c3)=NO2)CN1C(=O)[C@@H](NC(=O)CC1CCCCC1)C(C)(C)C)C(=O)C(=O)NC1Cc2ccccc2C1. The van der Waals surface area contributed by atoms with Gasteiger partial charge in [0, 0.05) is 35.9 Å². The number of halogens is 1. The number of fused-ring (bicyclic) bond motifs is 1. The number of carbonyl (C=O) groups excluding carboxylic acids is 5. The molecular weight excluding hydrogens is 706 g/mol. The smallest absolute Gasteiger partial charge is 0.289 e. The summed E-state index contributed by atoms with van der Waals surface area (Å²) in [7, 11) is 0. The third-order valence-corrected chi connectivity index (χ3v) is 11.7. The van der Waals surface area contributed by atoms with E-state index in [0.717, 1.165) is 42.4 Å². The van der Waals surface area contributed by atoms with Crippen molar-refractivity contribution in [1.82, 2.24) is 20.9 Å². The summed E-state index contributed by atoms with van der Waals surface area (Å²) in [6.45, 7) is 7.59. The van der Waals surface area contributed by atoms with E-state index in [1.54, 1.807) is 12.1 Å². The molecule has 4 aliphatic rings. The van der Waals surface area contributed by atoms with Gasteiger partial charge in [0.25, 0.3) is 5.91 Å². The molecule has 0 aromatic heterocycles. The van der Waals surface area contributed by atoms with Gasteiger partial charge in [-0.25, -0.2) is 0 Å². The largest absolute Gasteiger partial charge is 0.387 e. The van der Waals surface area contributed by atoms with E-state index in [-0.39, 0.29) is 37.3 Å². The van der Waals surface area contributed by atoms with Crippen molar-refractivity contribution in [2.75, 3.05) is 6.54 Å². The molecule has 1 saturated carbocycles. The summed E-state index contributed by atoms with van der Waals surface area (Å²) in [5.74, 6) is -2.33. The molecule has 290 valence electrons. The van der Waals surface area contributed by atoms with Gasteiger partial charge in [-0.3, -0.25) is 24.0 Å². The summed E-state index contributed by atoms with van der Waals surface area (Å²) in [6, 6.07) is 11.9. The van der Waals surface area contributed by atoms with Crippen molar-refractivity contribution in [1.29, 1.82) is 0 Å². The quantitative estimate of drug-likeness (QED) is 0.246. The van der Waals surface area contributed by atoms with E-state index < -0.39 is 52.6 Å². The van der Waals surface area contributed by atoms with E-state index in [9.17, 15) is 24.0 Å². The molecule has 6 rings (SSSR count). The Morgan fingerprint density at radius 1 is 0.981 bits per heavy atom. The van der Waals surface area contributed by atoms with Crippen molar-refractivity contribution in [2.45, 2.75) is 135 Å². The van der Waals surface area contributed by atoms with Crippen LogP contribution in [-0.4, -0.2) is 76.3 Å². The van der Waals surface area contributed by atoms with Gasteiger partial charge in [-0.15, -0.1) is 0 Å². The van der Waals surface area contributed by atoms with Crippen LogP contribution < -0.4 is 16.0 Å². The molecule has 1 saturated heterocycles. The lowest BCUT2D eigenvalue weighted by molar-refractivity contribution is -0.145. The molecule has 1 spiro atoms. The molecule has 2 aromatic rings. The maximum atomic E-state index is 14.7. The average molecular weight is 760 g/mol. The van der Waals surface area contributed by atoms with Gasteiger partial charge in [-0.1, -0.05) is 107 Å². The standard InChI is InChI=1S/C42H54ClN5O6/c1-5-12-32(36(50)39(52)44-31-21-27-15-9-10-16-28(27)22-31)45-38(51)34-24-42(23-33(47-54-42)29-17-11-18-30(43)20-29)25-48(34)40(53)37(41(2,3)4)46-35(49)19-26-13-7-6-8-14-26/h9-11,15-18,20,26,31-32,34,37H,5-8,12-14,19,21-25H2,1-4H3,(H,44,52)(H,45,51)(H,46,49)/t32-,34-,37+,42?/m0/s1. The minimum Gasteiger partial charge on any atom is -0.387 e. The zero-order chi connectivity index (χ0) is 38.6. The Balaban J connectivity index is 1.21. The molecule has 4 amide bonds. The number of nitrogens with zero attached hydrogens (tertiary/aromatic N) is 2. The van der Waals surface area contributed by atoms with Crippen LogP contribution in [0.1, 0.15) is 109 Å². The Morgan fingerprint density at radius 2 is 1.69 bits per heavy atom. The molecule has 1 unspecified atom stereocenters. The first-order chi connectivity index (χ1) is 25.7. The number of benzene rings is 2. The van der Waals surface area contributed by atoms with E-state index in [0.29, 0.717) is 42.8 Å². The van der Waals surface area contributed by atoms with Crippen LogP contribution in [0.2, 0.25) is 5.02 Å². The number of hydrogen-bond acceptors (Lipinski definition) is 7. The second-order valence-corrected chi connectivity index (χ2v) is 17.3. The number of likely N-dealkylation sites (tertiary alicyclic amines) is 1. The molecule has 2 fully saturated rings. The van der Waals surface area contributed by atoms with Crippen molar-refractivity contribution >= 4 is 46.7 Å². The zero-order valence-electron chi connectivity index (χ0n) is 31.9. The molecule has 11 nitrogen and oxygen atoms in total. The Hall–Kier alpha value is -4.25. The molecule has 12 heteroatoms. The molecule has 0 bridgehead atoms. The van der Waals surface area contributed by atoms with Gasteiger partial charge in [0.15, 0.2) is 5.60 Å². The van der Waals surface area contributed by atoms with Crippen molar-refractivity contribution in [3.05, 3.63) is 70.2 Å². The summed E-state index contributed by atoms with van der Waals surface area (Å²) in [6.07, 6.45) is 8.18. The molecule has 0 radical (unpaired) electrons. The average Bonchev–Trinajstić information content (AvgIpc) is 3.86. The van der Waals surface area contributed by atoms with Crippen LogP contribution in [0, 0.1) is 11.3 Å². The van der Waals surface area contributed by atoms with Gasteiger partial charge < -0.3 is 25.7 Å². The second-order valence-electron chi connectivity index (χ2n) is 16.8.